The number of amides is 2. The lowest BCUT2D eigenvalue weighted by atomic mass is 9.81. The Morgan fingerprint density at radius 1 is 0.900 bits per heavy atom. The van der Waals surface area contributed by atoms with Crippen molar-refractivity contribution >= 4 is 11.8 Å². The lowest BCUT2D eigenvalue weighted by Gasteiger charge is -2.29. The first kappa shape index (κ1) is 22.1. The number of imidazole rings is 2. The standard InChI is InChI=1S/C22H34N6O2/c1-5-27-12-10-25(3)21(27)19(29)23-15-17-8-7-9-18(14-17)16-24-20(30)22-26(4)11-13-28(22)6-2/h10-13,17-18H,5-9,14-16H2,1-4H3/p+2. The fraction of sp³-hybridized carbons (Fsp3) is 0.636. The molecular weight excluding hydrogens is 380 g/mol. The van der Waals surface area contributed by atoms with E-state index in [1.165, 1.54) is 0 Å². The van der Waals surface area contributed by atoms with Crippen molar-refractivity contribution in [1.82, 2.24) is 19.8 Å². The molecule has 0 bridgehead atoms. The number of carbonyl (C=O) groups excluding carboxylic acids is 2. The molecule has 0 saturated heterocycles. The monoisotopic (exact) mass is 416 g/mol. The van der Waals surface area contributed by atoms with Crippen molar-refractivity contribution in [2.45, 2.75) is 52.6 Å². The predicted octanol–water partition coefficient (Wildman–Crippen LogP) is 0.945. The second kappa shape index (κ2) is 9.91. The number of hydrogen-bond acceptors (Lipinski definition) is 2. The molecule has 1 saturated carbocycles. The molecule has 2 unspecified atom stereocenters. The van der Waals surface area contributed by atoms with E-state index < -0.39 is 0 Å². The molecule has 8 nitrogen and oxygen atoms in total. The highest BCUT2D eigenvalue weighted by atomic mass is 16.2. The molecule has 2 amide bonds. The van der Waals surface area contributed by atoms with Crippen molar-refractivity contribution in [2.24, 2.45) is 25.9 Å². The lowest BCUT2D eigenvalue weighted by molar-refractivity contribution is -0.673. The van der Waals surface area contributed by atoms with E-state index >= 15 is 0 Å². The second-order valence-corrected chi connectivity index (χ2v) is 8.36. The number of nitrogens with zero attached hydrogens (tertiary/aromatic N) is 4. The SMILES string of the molecule is CCn1cc[n+](C)c1C(=O)NCC1CCCC(CNC(=O)c2n(CC)cc[n+]2C)C1. The van der Waals surface area contributed by atoms with Gasteiger partial charge in [0, 0.05) is 13.1 Å². The van der Waals surface area contributed by atoms with Crippen LogP contribution in [0.25, 0.3) is 0 Å². The van der Waals surface area contributed by atoms with Gasteiger partial charge in [0.1, 0.15) is 24.8 Å². The maximum atomic E-state index is 12.7. The first-order chi connectivity index (χ1) is 14.4. The zero-order chi connectivity index (χ0) is 21.7. The van der Waals surface area contributed by atoms with E-state index in [0.717, 1.165) is 38.8 Å². The summed E-state index contributed by atoms with van der Waals surface area (Å²) < 4.78 is 7.65. The number of hydrogen-bond donors (Lipinski definition) is 2. The molecule has 1 aliphatic carbocycles. The third kappa shape index (κ3) is 4.91. The summed E-state index contributed by atoms with van der Waals surface area (Å²) in [6.07, 6.45) is 12.1. The lowest BCUT2D eigenvalue weighted by Crippen LogP contribution is -2.43. The Morgan fingerprint density at radius 2 is 1.33 bits per heavy atom. The van der Waals surface area contributed by atoms with Crippen LogP contribution >= 0.6 is 0 Å². The highest BCUT2D eigenvalue weighted by Crippen LogP contribution is 2.28. The molecule has 30 heavy (non-hydrogen) atoms. The van der Waals surface area contributed by atoms with Crippen LogP contribution in [0.5, 0.6) is 0 Å². The number of carbonyl (C=O) groups is 2. The van der Waals surface area contributed by atoms with Gasteiger partial charge in [0.15, 0.2) is 0 Å². The number of nitrogens with one attached hydrogen (secondary N) is 2. The third-order valence-corrected chi connectivity index (χ3v) is 6.23. The van der Waals surface area contributed by atoms with Crippen LogP contribution in [-0.4, -0.2) is 34.0 Å². The van der Waals surface area contributed by atoms with Gasteiger partial charge >= 0.3 is 23.5 Å². The summed E-state index contributed by atoms with van der Waals surface area (Å²) in [5.74, 6) is 2.24. The van der Waals surface area contributed by atoms with E-state index in [1.54, 1.807) is 0 Å². The second-order valence-electron chi connectivity index (χ2n) is 8.36. The van der Waals surface area contributed by atoms with Gasteiger partial charge in [0.2, 0.25) is 0 Å². The average molecular weight is 417 g/mol. The van der Waals surface area contributed by atoms with Gasteiger partial charge in [-0.25, -0.2) is 18.3 Å². The summed E-state index contributed by atoms with van der Waals surface area (Å²) in [5.41, 5.74) is 0. The summed E-state index contributed by atoms with van der Waals surface area (Å²) in [6.45, 7) is 6.99. The Balaban J connectivity index is 1.49. The zero-order valence-corrected chi connectivity index (χ0v) is 18.7. The van der Waals surface area contributed by atoms with E-state index in [4.69, 9.17) is 0 Å². The van der Waals surface area contributed by atoms with Crippen molar-refractivity contribution in [2.75, 3.05) is 13.1 Å². The first-order valence-corrected chi connectivity index (χ1v) is 11.1. The van der Waals surface area contributed by atoms with Gasteiger partial charge < -0.3 is 10.6 Å². The van der Waals surface area contributed by atoms with Crippen molar-refractivity contribution in [3.05, 3.63) is 36.4 Å². The van der Waals surface area contributed by atoms with E-state index in [1.807, 2.05) is 71.0 Å². The molecule has 0 radical (unpaired) electrons. The molecule has 3 rings (SSSR count). The maximum Gasteiger partial charge on any atom is 0.347 e. The quantitative estimate of drug-likeness (QED) is 0.629. The highest BCUT2D eigenvalue weighted by molar-refractivity contribution is 5.89. The van der Waals surface area contributed by atoms with E-state index in [0.29, 0.717) is 36.6 Å². The Labute approximate surface area is 178 Å². The molecule has 164 valence electrons. The van der Waals surface area contributed by atoms with Crippen LogP contribution in [0, 0.1) is 11.8 Å². The predicted molar refractivity (Wildman–Crippen MR) is 113 cm³/mol. The molecule has 2 aromatic rings. The largest absolute Gasteiger partial charge is 0.347 e. The molecule has 2 heterocycles. The van der Waals surface area contributed by atoms with E-state index in [2.05, 4.69) is 10.6 Å². The molecule has 2 atom stereocenters. The van der Waals surface area contributed by atoms with Crippen LogP contribution in [0.2, 0.25) is 0 Å². The molecule has 0 aliphatic heterocycles. The Bertz CT molecular complexity index is 814. The van der Waals surface area contributed by atoms with Crippen LogP contribution in [0.4, 0.5) is 0 Å². The summed E-state index contributed by atoms with van der Waals surface area (Å²) in [7, 11) is 3.80. The van der Waals surface area contributed by atoms with Crippen LogP contribution in [0.3, 0.4) is 0 Å². The van der Waals surface area contributed by atoms with Crippen molar-refractivity contribution in [3.63, 3.8) is 0 Å². The van der Waals surface area contributed by atoms with Crippen LogP contribution in [0.15, 0.2) is 24.8 Å². The third-order valence-electron chi connectivity index (χ3n) is 6.23. The average Bonchev–Trinajstić information content (AvgIpc) is 3.32. The van der Waals surface area contributed by atoms with Gasteiger partial charge in [-0.15, -0.1) is 0 Å². The molecule has 0 spiro atoms. The minimum atomic E-state index is -0.0207. The molecular formula is C22H36N6O2+2. The molecule has 2 aromatic heterocycles. The molecule has 1 aliphatic rings. The zero-order valence-electron chi connectivity index (χ0n) is 18.7. The normalized spacial score (nSPS) is 18.9. The summed E-state index contributed by atoms with van der Waals surface area (Å²) in [5, 5.41) is 6.25. The number of aromatic nitrogens is 4. The van der Waals surface area contributed by atoms with Gasteiger partial charge in [0.25, 0.3) is 0 Å². The number of rotatable bonds is 8. The molecule has 0 aromatic carbocycles. The van der Waals surface area contributed by atoms with Crippen molar-refractivity contribution < 1.29 is 18.7 Å². The summed E-state index contributed by atoms with van der Waals surface area (Å²) in [6, 6.07) is 0. The number of aryl methyl sites for hydroxylation is 4. The summed E-state index contributed by atoms with van der Waals surface area (Å²) in [4.78, 5) is 25.3. The van der Waals surface area contributed by atoms with Gasteiger partial charge in [-0.2, -0.15) is 0 Å². The topological polar surface area (TPSA) is 75.8 Å². The van der Waals surface area contributed by atoms with Gasteiger partial charge in [-0.3, -0.25) is 9.59 Å². The van der Waals surface area contributed by atoms with E-state index in [-0.39, 0.29) is 11.8 Å². The highest BCUT2D eigenvalue weighted by Gasteiger charge is 2.28. The van der Waals surface area contributed by atoms with Crippen LogP contribution in [0.1, 0.15) is 60.8 Å². The van der Waals surface area contributed by atoms with Crippen LogP contribution in [-0.2, 0) is 27.2 Å². The van der Waals surface area contributed by atoms with Gasteiger partial charge in [-0.05, 0) is 44.9 Å². The fourth-order valence-corrected chi connectivity index (χ4v) is 4.55. The van der Waals surface area contributed by atoms with E-state index in [9.17, 15) is 9.59 Å². The smallest absolute Gasteiger partial charge is 0.345 e. The Kier molecular flexibility index (Phi) is 7.29. The minimum absolute atomic E-state index is 0.0207. The van der Waals surface area contributed by atoms with Crippen molar-refractivity contribution in [3.8, 4) is 0 Å². The van der Waals surface area contributed by atoms with Gasteiger partial charge in [0.05, 0.1) is 27.2 Å². The maximum absolute atomic E-state index is 12.7. The molecule has 2 N–H and O–H groups in total. The summed E-state index contributed by atoms with van der Waals surface area (Å²) >= 11 is 0. The van der Waals surface area contributed by atoms with Crippen molar-refractivity contribution in [1.29, 1.82) is 0 Å². The molecule has 8 heteroatoms. The van der Waals surface area contributed by atoms with Gasteiger partial charge in [-0.1, -0.05) is 6.42 Å². The minimum Gasteiger partial charge on any atom is -0.345 e. The first-order valence-electron chi connectivity index (χ1n) is 11.1. The Hall–Kier alpha value is -2.64. The van der Waals surface area contributed by atoms with Crippen LogP contribution < -0.4 is 19.8 Å². The fourth-order valence-electron chi connectivity index (χ4n) is 4.55. The Morgan fingerprint density at radius 3 is 1.73 bits per heavy atom. The molecule has 1 fully saturated rings.